The number of rotatable bonds is 7. The molecule has 0 aromatic heterocycles. The number of carboxylic acid groups (broad SMARTS) is 1. The number of hydrogen-bond donors (Lipinski definition) is 1. The summed E-state index contributed by atoms with van der Waals surface area (Å²) in [4.78, 5) is 13.3. The fourth-order valence-corrected chi connectivity index (χ4v) is 4.38. The van der Waals surface area contributed by atoms with Crippen LogP contribution in [0.1, 0.15) is 47.1 Å². The normalized spacial score (nSPS) is 18.3. The van der Waals surface area contributed by atoms with E-state index in [1.54, 1.807) is 13.0 Å². The Morgan fingerprint density at radius 1 is 1.23 bits per heavy atom. The fourth-order valence-electron chi connectivity index (χ4n) is 4.26. The van der Waals surface area contributed by atoms with Gasteiger partial charge in [-0.2, -0.15) is 13.2 Å². The lowest BCUT2D eigenvalue weighted by molar-refractivity contribution is -0.150. The lowest BCUT2D eigenvalue weighted by Crippen LogP contribution is -2.24. The van der Waals surface area contributed by atoms with Gasteiger partial charge in [-0.25, -0.2) is 0 Å². The highest BCUT2D eigenvalue weighted by Gasteiger charge is 2.40. The Labute approximate surface area is 185 Å². The Morgan fingerprint density at radius 3 is 2.55 bits per heavy atom. The van der Waals surface area contributed by atoms with Crippen molar-refractivity contribution in [3.63, 3.8) is 0 Å². The number of likely N-dealkylation sites (tertiary alicyclic amines) is 1. The van der Waals surface area contributed by atoms with Gasteiger partial charge in [-0.05, 0) is 66.6 Å². The maximum absolute atomic E-state index is 13.9. The predicted octanol–water partition coefficient (Wildman–Crippen LogP) is 6.01. The van der Waals surface area contributed by atoms with E-state index in [1.807, 2.05) is 19.1 Å². The van der Waals surface area contributed by atoms with Gasteiger partial charge in [0.15, 0.2) is 0 Å². The smallest absolute Gasteiger partial charge is 0.396 e. The Kier molecular flexibility index (Phi) is 7.32. The van der Waals surface area contributed by atoms with Crippen molar-refractivity contribution in [3.8, 4) is 0 Å². The summed E-state index contributed by atoms with van der Waals surface area (Å²) in [6, 6.07) is 10.0. The van der Waals surface area contributed by atoms with Crippen molar-refractivity contribution in [2.75, 3.05) is 13.1 Å². The van der Waals surface area contributed by atoms with Crippen LogP contribution in [0.25, 0.3) is 0 Å². The average Bonchev–Trinajstić information content (AvgIpc) is 3.17. The second kappa shape index (κ2) is 9.61. The molecule has 1 N–H and O–H groups in total. The standard InChI is InChI=1S/C24H27ClF3NO2/c1-3-17-5-4-16(11-20(17)14-29-9-8-19(13-29)23(30)31)12-21(24(26,27)28)18-6-7-22(25)15(2)10-18/h4-7,10-11,19,21H,3,8-9,12-14H2,1-2H3,(H,30,31)/t19-,21+/m1/s1. The number of aryl methyl sites for hydroxylation is 2. The molecule has 1 aliphatic heterocycles. The summed E-state index contributed by atoms with van der Waals surface area (Å²) in [6.07, 6.45) is -3.17. The Bertz CT molecular complexity index is 945. The topological polar surface area (TPSA) is 40.5 Å². The Hall–Kier alpha value is -2.05. The van der Waals surface area contributed by atoms with Gasteiger partial charge in [-0.15, -0.1) is 0 Å². The van der Waals surface area contributed by atoms with E-state index >= 15 is 0 Å². The molecule has 1 aliphatic rings. The molecule has 31 heavy (non-hydrogen) atoms. The Morgan fingerprint density at radius 2 is 1.97 bits per heavy atom. The third-order valence-electron chi connectivity index (χ3n) is 6.09. The summed E-state index contributed by atoms with van der Waals surface area (Å²) in [6.45, 7) is 5.42. The molecule has 0 amide bonds. The molecule has 0 saturated carbocycles. The third kappa shape index (κ3) is 5.80. The maximum atomic E-state index is 13.9. The van der Waals surface area contributed by atoms with Crippen molar-refractivity contribution in [2.45, 2.75) is 51.7 Å². The molecule has 1 heterocycles. The van der Waals surface area contributed by atoms with Crippen LogP contribution < -0.4 is 0 Å². The van der Waals surface area contributed by atoms with Gasteiger partial charge in [0.1, 0.15) is 0 Å². The van der Waals surface area contributed by atoms with Crippen molar-refractivity contribution in [1.29, 1.82) is 0 Å². The van der Waals surface area contributed by atoms with E-state index in [-0.39, 0.29) is 17.9 Å². The van der Waals surface area contributed by atoms with E-state index in [0.717, 1.165) is 17.5 Å². The highest BCUT2D eigenvalue weighted by atomic mass is 35.5. The van der Waals surface area contributed by atoms with Crippen molar-refractivity contribution < 1.29 is 23.1 Å². The van der Waals surface area contributed by atoms with Gasteiger partial charge in [0.2, 0.25) is 0 Å². The van der Waals surface area contributed by atoms with Crippen LogP contribution in [0.3, 0.4) is 0 Å². The number of alkyl halides is 3. The zero-order valence-corrected chi connectivity index (χ0v) is 18.4. The zero-order valence-electron chi connectivity index (χ0n) is 17.7. The van der Waals surface area contributed by atoms with E-state index in [4.69, 9.17) is 11.6 Å². The van der Waals surface area contributed by atoms with Crippen molar-refractivity contribution in [3.05, 3.63) is 69.2 Å². The highest BCUT2D eigenvalue weighted by Crippen LogP contribution is 2.39. The number of halogens is 4. The van der Waals surface area contributed by atoms with E-state index in [0.29, 0.717) is 42.2 Å². The zero-order chi connectivity index (χ0) is 22.8. The lowest BCUT2D eigenvalue weighted by atomic mass is 9.89. The van der Waals surface area contributed by atoms with Crippen LogP contribution in [-0.2, 0) is 24.2 Å². The molecule has 3 nitrogen and oxygen atoms in total. The molecule has 2 aromatic carbocycles. The van der Waals surface area contributed by atoms with Crippen LogP contribution in [-0.4, -0.2) is 35.2 Å². The summed E-state index contributed by atoms with van der Waals surface area (Å²) >= 11 is 6.00. The minimum absolute atomic E-state index is 0.153. The summed E-state index contributed by atoms with van der Waals surface area (Å²) < 4.78 is 41.8. The van der Waals surface area contributed by atoms with Gasteiger partial charge in [-0.3, -0.25) is 9.69 Å². The van der Waals surface area contributed by atoms with Crippen molar-refractivity contribution in [1.82, 2.24) is 4.90 Å². The molecule has 2 atom stereocenters. The third-order valence-corrected chi connectivity index (χ3v) is 6.51. The number of hydrogen-bond acceptors (Lipinski definition) is 2. The van der Waals surface area contributed by atoms with E-state index in [9.17, 15) is 23.1 Å². The Balaban J connectivity index is 1.85. The highest BCUT2D eigenvalue weighted by molar-refractivity contribution is 6.31. The molecule has 0 radical (unpaired) electrons. The molecule has 168 valence electrons. The second-order valence-electron chi connectivity index (χ2n) is 8.32. The number of carbonyl (C=O) groups is 1. The van der Waals surface area contributed by atoms with Gasteiger partial charge in [0.25, 0.3) is 0 Å². The first-order valence-electron chi connectivity index (χ1n) is 10.5. The number of benzene rings is 2. The molecule has 1 fully saturated rings. The van der Waals surface area contributed by atoms with Crippen molar-refractivity contribution in [2.24, 2.45) is 5.92 Å². The molecular weight excluding hydrogens is 427 g/mol. The van der Waals surface area contributed by atoms with Crippen LogP contribution in [0.5, 0.6) is 0 Å². The van der Waals surface area contributed by atoms with Crippen LogP contribution in [0, 0.1) is 12.8 Å². The summed E-state index contributed by atoms with van der Waals surface area (Å²) in [5.41, 5.74) is 3.50. The SMILES string of the molecule is CCc1ccc(C[C@@H](c2ccc(Cl)c(C)c2)C(F)(F)F)cc1CN1CC[C@@H](C(=O)O)C1. The van der Waals surface area contributed by atoms with E-state index < -0.39 is 18.1 Å². The number of carboxylic acids is 1. The van der Waals surface area contributed by atoms with E-state index in [1.165, 1.54) is 18.2 Å². The first-order chi connectivity index (χ1) is 14.6. The van der Waals surface area contributed by atoms with Crippen LogP contribution in [0.4, 0.5) is 13.2 Å². The minimum Gasteiger partial charge on any atom is -0.481 e. The minimum atomic E-state index is -4.38. The van der Waals surface area contributed by atoms with Gasteiger partial charge < -0.3 is 5.11 Å². The van der Waals surface area contributed by atoms with Crippen LogP contribution >= 0.6 is 11.6 Å². The molecule has 0 bridgehead atoms. The molecule has 3 rings (SSSR count). The quantitative estimate of drug-likeness (QED) is 0.558. The molecule has 0 unspecified atom stereocenters. The van der Waals surface area contributed by atoms with Crippen LogP contribution in [0.2, 0.25) is 5.02 Å². The molecule has 0 spiro atoms. The van der Waals surface area contributed by atoms with E-state index in [2.05, 4.69) is 4.90 Å². The summed E-state index contributed by atoms with van der Waals surface area (Å²) in [5.74, 6) is -2.79. The van der Waals surface area contributed by atoms with Gasteiger partial charge in [0.05, 0.1) is 11.8 Å². The van der Waals surface area contributed by atoms with Gasteiger partial charge in [-0.1, -0.05) is 48.9 Å². The first kappa shape index (κ1) is 23.6. The average molecular weight is 454 g/mol. The van der Waals surface area contributed by atoms with Crippen molar-refractivity contribution >= 4 is 17.6 Å². The molecule has 2 aromatic rings. The second-order valence-corrected chi connectivity index (χ2v) is 8.73. The monoisotopic (exact) mass is 453 g/mol. The van der Waals surface area contributed by atoms with Gasteiger partial charge in [0, 0.05) is 18.1 Å². The number of nitrogens with zero attached hydrogens (tertiary/aromatic N) is 1. The fraction of sp³-hybridized carbons (Fsp3) is 0.458. The predicted molar refractivity (Wildman–Crippen MR) is 116 cm³/mol. The summed E-state index contributed by atoms with van der Waals surface area (Å²) in [7, 11) is 0. The largest absolute Gasteiger partial charge is 0.481 e. The molecule has 1 saturated heterocycles. The molecule has 7 heteroatoms. The molecular formula is C24H27ClF3NO2. The summed E-state index contributed by atoms with van der Waals surface area (Å²) in [5, 5.41) is 9.67. The lowest BCUT2D eigenvalue weighted by Gasteiger charge is -2.23. The van der Waals surface area contributed by atoms with Crippen LogP contribution in [0.15, 0.2) is 36.4 Å². The first-order valence-corrected chi connectivity index (χ1v) is 10.8. The number of aliphatic carboxylic acids is 1. The van der Waals surface area contributed by atoms with Gasteiger partial charge >= 0.3 is 12.1 Å². The molecule has 0 aliphatic carbocycles. The maximum Gasteiger partial charge on any atom is 0.396 e.